The van der Waals surface area contributed by atoms with E-state index in [4.69, 9.17) is 18.9 Å². The topological polar surface area (TPSA) is 105 Å². The quantitative estimate of drug-likeness (QED) is 0.0988. The first-order valence-electron chi connectivity index (χ1n) is 15.1. The van der Waals surface area contributed by atoms with Crippen LogP contribution in [0.2, 0.25) is 0 Å². The summed E-state index contributed by atoms with van der Waals surface area (Å²) in [6.45, 7) is 12.9. The zero-order valence-electron chi connectivity index (χ0n) is 24.9. The van der Waals surface area contributed by atoms with Gasteiger partial charge in [0, 0.05) is 11.8 Å². The maximum atomic E-state index is 13.7. The van der Waals surface area contributed by atoms with Crippen molar-refractivity contribution in [2.24, 2.45) is 41.4 Å². The first kappa shape index (κ1) is 32.8. The van der Waals surface area contributed by atoms with E-state index in [2.05, 4.69) is 0 Å². The highest BCUT2D eigenvalue weighted by molar-refractivity contribution is 5.90. The van der Waals surface area contributed by atoms with Crippen LogP contribution in [-0.2, 0) is 38.1 Å². The van der Waals surface area contributed by atoms with Crippen molar-refractivity contribution in [1.29, 1.82) is 0 Å². The molecule has 0 radical (unpaired) electrons. The Hall–Kier alpha value is -2.38. The van der Waals surface area contributed by atoms with Gasteiger partial charge in [0.05, 0.1) is 50.1 Å². The summed E-state index contributed by atoms with van der Waals surface area (Å²) < 4.78 is 22.6. The summed E-state index contributed by atoms with van der Waals surface area (Å²) in [5, 5.41) is 0. The van der Waals surface area contributed by atoms with Crippen molar-refractivity contribution in [2.75, 3.05) is 26.4 Å². The Morgan fingerprint density at radius 1 is 0.590 bits per heavy atom. The molecule has 1 saturated carbocycles. The van der Waals surface area contributed by atoms with E-state index >= 15 is 0 Å². The van der Waals surface area contributed by atoms with Gasteiger partial charge < -0.3 is 18.9 Å². The molecule has 2 bridgehead atoms. The van der Waals surface area contributed by atoms with Crippen molar-refractivity contribution >= 4 is 23.9 Å². The van der Waals surface area contributed by atoms with E-state index in [-0.39, 0.29) is 32.3 Å². The fraction of sp³-hybridized carbons (Fsp3) is 0.806. The zero-order valence-corrected chi connectivity index (χ0v) is 24.9. The largest absolute Gasteiger partial charge is 0.465 e. The Labute approximate surface area is 234 Å². The fourth-order valence-corrected chi connectivity index (χ4v) is 5.75. The molecule has 0 aromatic rings. The minimum Gasteiger partial charge on any atom is -0.465 e. The van der Waals surface area contributed by atoms with Crippen LogP contribution in [0, 0.1) is 41.4 Å². The summed E-state index contributed by atoms with van der Waals surface area (Å²) in [5.74, 6) is -7.31. The lowest BCUT2D eigenvalue weighted by Gasteiger charge is -2.52. The molecule has 4 unspecified atom stereocenters. The van der Waals surface area contributed by atoms with Gasteiger partial charge >= 0.3 is 23.9 Å². The minimum atomic E-state index is -0.938. The van der Waals surface area contributed by atoms with E-state index in [0.29, 0.717) is 25.7 Å². The minimum absolute atomic E-state index is 0.0106. The highest BCUT2D eigenvalue weighted by atomic mass is 16.5. The molecular weight excluding hydrogens is 500 g/mol. The Kier molecular flexibility index (Phi) is 14.0. The SMILES string of the molecule is CCCCOC(=O)C1C2C=C(C(C)C)C(C1C(=O)OCCCC)C(C(=O)OCCCC)C2C(=O)OCCCC. The normalized spacial score (nSPS) is 25.7. The van der Waals surface area contributed by atoms with E-state index in [9.17, 15) is 19.2 Å². The first-order valence-corrected chi connectivity index (χ1v) is 15.1. The Bertz CT molecular complexity index is 792. The highest BCUT2D eigenvalue weighted by Gasteiger charge is 2.64. The number of hydrogen-bond acceptors (Lipinski definition) is 8. The lowest BCUT2D eigenvalue weighted by atomic mass is 9.49. The number of carbonyl (C=O) groups excluding carboxylic acids is 4. The molecule has 0 aliphatic heterocycles. The van der Waals surface area contributed by atoms with Crippen LogP contribution >= 0.6 is 0 Å². The summed E-state index contributed by atoms with van der Waals surface area (Å²) in [7, 11) is 0. The third-order valence-corrected chi connectivity index (χ3v) is 7.87. The van der Waals surface area contributed by atoms with Gasteiger partial charge in [-0.15, -0.1) is 0 Å². The van der Waals surface area contributed by atoms with Gasteiger partial charge in [-0.05, 0) is 31.6 Å². The van der Waals surface area contributed by atoms with Crippen molar-refractivity contribution in [3.63, 3.8) is 0 Å². The maximum Gasteiger partial charge on any atom is 0.310 e. The molecule has 1 fully saturated rings. The van der Waals surface area contributed by atoms with Crippen LogP contribution in [0.15, 0.2) is 11.6 Å². The van der Waals surface area contributed by atoms with E-state index < -0.39 is 59.4 Å². The van der Waals surface area contributed by atoms with Gasteiger partial charge in [0.2, 0.25) is 0 Å². The summed E-state index contributed by atoms with van der Waals surface area (Å²) >= 11 is 0. The average molecular weight is 551 g/mol. The van der Waals surface area contributed by atoms with Crippen LogP contribution in [-0.4, -0.2) is 50.3 Å². The summed E-state index contributed by atoms with van der Waals surface area (Å²) in [6.07, 6.45) is 8.10. The van der Waals surface area contributed by atoms with Crippen molar-refractivity contribution in [3.8, 4) is 0 Å². The molecule has 0 aromatic heterocycles. The number of fused-ring (bicyclic) bond motifs is 2. The van der Waals surface area contributed by atoms with E-state index in [0.717, 1.165) is 31.3 Å². The second-order valence-corrected chi connectivity index (χ2v) is 11.1. The summed E-state index contributed by atoms with van der Waals surface area (Å²) in [4.78, 5) is 54.5. The van der Waals surface area contributed by atoms with Crippen LogP contribution in [0.3, 0.4) is 0 Å². The molecule has 4 atom stereocenters. The molecule has 0 spiro atoms. The second-order valence-electron chi connectivity index (χ2n) is 11.1. The number of allylic oxidation sites excluding steroid dienone is 2. The fourth-order valence-electron chi connectivity index (χ4n) is 5.75. The van der Waals surface area contributed by atoms with E-state index in [1.54, 1.807) is 0 Å². The lowest BCUT2D eigenvalue weighted by molar-refractivity contribution is -0.187. The van der Waals surface area contributed by atoms with Gasteiger partial charge in [0.15, 0.2) is 0 Å². The van der Waals surface area contributed by atoms with Crippen molar-refractivity contribution < 1.29 is 38.1 Å². The molecule has 3 rings (SSSR count). The summed E-state index contributed by atoms with van der Waals surface area (Å²) in [6, 6.07) is 0. The number of hydrogen-bond donors (Lipinski definition) is 0. The Morgan fingerprint density at radius 3 is 1.18 bits per heavy atom. The predicted octanol–water partition coefficient (Wildman–Crippen LogP) is 5.67. The van der Waals surface area contributed by atoms with Gasteiger partial charge in [0.1, 0.15) is 0 Å². The standard InChI is InChI=1S/C31H50O8/c1-7-11-15-36-28(32)24-22-19-21(20(5)6)23(26(24)30(34)38-17-13-9-3)27(31(35)39-18-14-10-4)25(22)29(33)37-16-12-8-2/h19-20,22-27H,7-18H2,1-6H3. The molecule has 8 heteroatoms. The molecule has 222 valence electrons. The number of ether oxygens (including phenoxy) is 4. The lowest BCUT2D eigenvalue weighted by Crippen LogP contribution is -2.60. The van der Waals surface area contributed by atoms with Gasteiger partial charge in [-0.2, -0.15) is 0 Å². The van der Waals surface area contributed by atoms with Gasteiger partial charge in [0.25, 0.3) is 0 Å². The van der Waals surface area contributed by atoms with Crippen LogP contribution in [0.5, 0.6) is 0 Å². The predicted molar refractivity (Wildman–Crippen MR) is 147 cm³/mol. The third kappa shape index (κ3) is 8.31. The van der Waals surface area contributed by atoms with Crippen molar-refractivity contribution in [2.45, 2.75) is 92.9 Å². The first-order chi connectivity index (χ1) is 18.7. The number of esters is 4. The molecule has 0 N–H and O–H groups in total. The number of carbonyl (C=O) groups is 4. The van der Waals surface area contributed by atoms with Crippen LogP contribution < -0.4 is 0 Å². The molecule has 0 heterocycles. The molecule has 3 aliphatic carbocycles. The number of unbranched alkanes of at least 4 members (excludes halogenated alkanes) is 4. The highest BCUT2D eigenvalue weighted by Crippen LogP contribution is 2.57. The number of rotatable bonds is 17. The molecule has 0 saturated heterocycles. The Morgan fingerprint density at radius 2 is 0.897 bits per heavy atom. The van der Waals surface area contributed by atoms with Crippen LogP contribution in [0.25, 0.3) is 0 Å². The monoisotopic (exact) mass is 550 g/mol. The second kappa shape index (κ2) is 16.7. The smallest absolute Gasteiger partial charge is 0.310 e. The average Bonchev–Trinajstić information content (AvgIpc) is 2.92. The Balaban J connectivity index is 2.60. The maximum absolute atomic E-state index is 13.7. The molecule has 0 aromatic carbocycles. The molecule has 0 amide bonds. The molecular formula is C31H50O8. The molecule has 39 heavy (non-hydrogen) atoms. The van der Waals surface area contributed by atoms with Crippen LogP contribution in [0.1, 0.15) is 92.9 Å². The zero-order chi connectivity index (χ0) is 28.9. The van der Waals surface area contributed by atoms with E-state index in [1.807, 2.05) is 47.6 Å². The van der Waals surface area contributed by atoms with Gasteiger partial charge in [-0.3, -0.25) is 19.2 Å². The third-order valence-electron chi connectivity index (χ3n) is 7.87. The van der Waals surface area contributed by atoms with Crippen molar-refractivity contribution in [3.05, 3.63) is 11.6 Å². The molecule has 8 nitrogen and oxygen atoms in total. The summed E-state index contributed by atoms with van der Waals surface area (Å²) in [5.41, 5.74) is 0.880. The van der Waals surface area contributed by atoms with Gasteiger partial charge in [-0.25, -0.2) is 0 Å². The van der Waals surface area contributed by atoms with E-state index in [1.165, 1.54) is 0 Å². The van der Waals surface area contributed by atoms with Crippen molar-refractivity contribution in [1.82, 2.24) is 0 Å². The van der Waals surface area contributed by atoms with Crippen LogP contribution in [0.4, 0.5) is 0 Å². The molecule has 3 aliphatic rings. The van der Waals surface area contributed by atoms with Gasteiger partial charge in [-0.1, -0.05) is 78.9 Å².